The SMILES string of the molecule is CCNC1C(C)C(c2ccc(F)cn2)C1(CC)CC. The van der Waals surface area contributed by atoms with Gasteiger partial charge in [0, 0.05) is 17.7 Å². The van der Waals surface area contributed by atoms with Gasteiger partial charge < -0.3 is 5.32 Å². The minimum atomic E-state index is -0.252. The lowest BCUT2D eigenvalue weighted by atomic mass is 9.47. The van der Waals surface area contributed by atoms with E-state index in [1.165, 1.54) is 12.3 Å². The van der Waals surface area contributed by atoms with Gasteiger partial charge in [-0.3, -0.25) is 4.98 Å². The van der Waals surface area contributed by atoms with Crippen LogP contribution in [0, 0.1) is 17.2 Å². The molecular weight excluding hydrogens is 239 g/mol. The first kappa shape index (κ1) is 14.4. The number of aromatic nitrogens is 1. The molecule has 106 valence electrons. The lowest BCUT2D eigenvalue weighted by molar-refractivity contribution is -0.0407. The molecule has 3 heteroatoms. The molecule has 3 atom stereocenters. The minimum absolute atomic E-state index is 0.252. The van der Waals surface area contributed by atoms with E-state index in [2.05, 4.69) is 38.0 Å². The van der Waals surface area contributed by atoms with Crippen LogP contribution in [0.25, 0.3) is 0 Å². The van der Waals surface area contributed by atoms with E-state index in [1.54, 1.807) is 0 Å². The van der Waals surface area contributed by atoms with Crippen molar-refractivity contribution in [2.75, 3.05) is 6.54 Å². The van der Waals surface area contributed by atoms with Gasteiger partial charge in [0.1, 0.15) is 5.82 Å². The van der Waals surface area contributed by atoms with E-state index in [-0.39, 0.29) is 11.2 Å². The highest BCUT2D eigenvalue weighted by atomic mass is 19.1. The highest BCUT2D eigenvalue weighted by molar-refractivity contribution is 5.25. The molecule has 2 nitrogen and oxygen atoms in total. The Hall–Kier alpha value is -0.960. The van der Waals surface area contributed by atoms with E-state index in [0.717, 1.165) is 25.1 Å². The van der Waals surface area contributed by atoms with Crippen molar-refractivity contribution in [2.45, 2.75) is 52.5 Å². The molecule has 0 aliphatic heterocycles. The van der Waals surface area contributed by atoms with Crippen LogP contribution in [-0.2, 0) is 0 Å². The first-order valence-corrected chi connectivity index (χ1v) is 7.45. The van der Waals surface area contributed by atoms with Crippen LogP contribution in [-0.4, -0.2) is 17.6 Å². The van der Waals surface area contributed by atoms with Gasteiger partial charge in [-0.1, -0.05) is 27.7 Å². The van der Waals surface area contributed by atoms with E-state index in [4.69, 9.17) is 0 Å². The zero-order chi connectivity index (χ0) is 14.0. The molecule has 0 spiro atoms. The standard InChI is InChI=1S/C16H25FN2/c1-5-16(6-2)14(11(4)15(16)18-7-3)13-9-8-12(17)10-19-13/h8-11,14-15,18H,5-7H2,1-4H3. The highest BCUT2D eigenvalue weighted by Gasteiger charge is 2.58. The number of pyridine rings is 1. The van der Waals surface area contributed by atoms with Crippen LogP contribution < -0.4 is 5.32 Å². The monoisotopic (exact) mass is 264 g/mol. The second kappa shape index (κ2) is 5.58. The molecule has 1 N–H and O–H groups in total. The molecule has 2 rings (SSSR count). The highest BCUT2D eigenvalue weighted by Crippen LogP contribution is 2.60. The predicted octanol–water partition coefficient (Wildman–Crippen LogP) is 3.74. The van der Waals surface area contributed by atoms with Crippen LogP contribution in [0.3, 0.4) is 0 Å². The van der Waals surface area contributed by atoms with Gasteiger partial charge in [-0.2, -0.15) is 0 Å². The molecule has 1 saturated carbocycles. The largest absolute Gasteiger partial charge is 0.313 e. The number of halogens is 1. The molecule has 0 saturated heterocycles. The first-order valence-electron chi connectivity index (χ1n) is 7.45. The van der Waals surface area contributed by atoms with E-state index in [9.17, 15) is 4.39 Å². The molecule has 1 heterocycles. The summed E-state index contributed by atoms with van der Waals surface area (Å²) in [6, 6.07) is 3.94. The summed E-state index contributed by atoms with van der Waals surface area (Å²) in [6.07, 6.45) is 3.61. The third kappa shape index (κ3) is 2.18. The minimum Gasteiger partial charge on any atom is -0.313 e. The van der Waals surface area contributed by atoms with Crippen LogP contribution in [0.5, 0.6) is 0 Å². The molecule has 19 heavy (non-hydrogen) atoms. The van der Waals surface area contributed by atoms with Crippen LogP contribution in [0.15, 0.2) is 18.3 Å². The summed E-state index contributed by atoms with van der Waals surface area (Å²) in [5, 5.41) is 3.63. The van der Waals surface area contributed by atoms with Gasteiger partial charge in [0.05, 0.1) is 6.20 Å². The van der Waals surface area contributed by atoms with Crippen LogP contribution >= 0.6 is 0 Å². The normalized spacial score (nSPS) is 29.0. The molecule has 1 aliphatic rings. The number of hydrogen-bond acceptors (Lipinski definition) is 2. The lowest BCUT2D eigenvalue weighted by Crippen LogP contribution is -2.64. The number of rotatable bonds is 5. The van der Waals surface area contributed by atoms with Crippen molar-refractivity contribution in [2.24, 2.45) is 11.3 Å². The fourth-order valence-electron chi connectivity index (χ4n) is 4.19. The number of hydrogen-bond donors (Lipinski definition) is 1. The summed E-state index contributed by atoms with van der Waals surface area (Å²) in [4.78, 5) is 4.33. The van der Waals surface area contributed by atoms with E-state index in [0.29, 0.717) is 17.9 Å². The Morgan fingerprint density at radius 3 is 2.42 bits per heavy atom. The average Bonchev–Trinajstić information content (AvgIpc) is 2.43. The van der Waals surface area contributed by atoms with Gasteiger partial charge in [0.25, 0.3) is 0 Å². The maximum Gasteiger partial charge on any atom is 0.141 e. The van der Waals surface area contributed by atoms with Crippen molar-refractivity contribution < 1.29 is 4.39 Å². The van der Waals surface area contributed by atoms with Crippen molar-refractivity contribution in [3.8, 4) is 0 Å². The molecule has 3 unspecified atom stereocenters. The summed E-state index contributed by atoms with van der Waals surface area (Å²) < 4.78 is 13.0. The van der Waals surface area contributed by atoms with E-state index in [1.807, 2.05) is 6.07 Å². The molecule has 1 fully saturated rings. The van der Waals surface area contributed by atoms with Crippen molar-refractivity contribution >= 4 is 0 Å². The zero-order valence-corrected chi connectivity index (χ0v) is 12.4. The number of nitrogens with one attached hydrogen (secondary N) is 1. The van der Waals surface area contributed by atoms with Gasteiger partial charge in [-0.15, -0.1) is 0 Å². The Labute approximate surface area is 115 Å². The Kier molecular flexibility index (Phi) is 4.24. The Balaban J connectivity index is 2.31. The van der Waals surface area contributed by atoms with Gasteiger partial charge >= 0.3 is 0 Å². The van der Waals surface area contributed by atoms with E-state index < -0.39 is 0 Å². The molecular formula is C16H25FN2. The van der Waals surface area contributed by atoms with Crippen molar-refractivity contribution in [3.05, 3.63) is 29.8 Å². The predicted molar refractivity (Wildman–Crippen MR) is 76.6 cm³/mol. The van der Waals surface area contributed by atoms with Crippen molar-refractivity contribution in [3.63, 3.8) is 0 Å². The van der Waals surface area contributed by atoms with Crippen LogP contribution in [0.2, 0.25) is 0 Å². The summed E-state index contributed by atoms with van der Waals surface area (Å²) in [6.45, 7) is 9.96. The van der Waals surface area contributed by atoms with Gasteiger partial charge in [0.2, 0.25) is 0 Å². The maximum absolute atomic E-state index is 13.0. The molecule has 0 amide bonds. The Bertz CT molecular complexity index is 411. The quantitative estimate of drug-likeness (QED) is 0.876. The lowest BCUT2D eigenvalue weighted by Gasteiger charge is -2.61. The third-order valence-corrected chi connectivity index (χ3v) is 5.10. The van der Waals surface area contributed by atoms with Crippen molar-refractivity contribution in [1.29, 1.82) is 0 Å². The van der Waals surface area contributed by atoms with Gasteiger partial charge in [-0.05, 0) is 42.9 Å². The zero-order valence-electron chi connectivity index (χ0n) is 12.4. The summed E-state index contributed by atoms with van der Waals surface area (Å²) >= 11 is 0. The molecule has 1 aromatic heterocycles. The topological polar surface area (TPSA) is 24.9 Å². The smallest absolute Gasteiger partial charge is 0.141 e. The van der Waals surface area contributed by atoms with Crippen LogP contribution in [0.1, 0.15) is 52.1 Å². The summed E-state index contributed by atoms with van der Waals surface area (Å²) in [5.41, 5.74) is 1.31. The third-order valence-electron chi connectivity index (χ3n) is 5.10. The van der Waals surface area contributed by atoms with Crippen molar-refractivity contribution in [1.82, 2.24) is 10.3 Å². The maximum atomic E-state index is 13.0. The average molecular weight is 264 g/mol. The van der Waals surface area contributed by atoms with Crippen LogP contribution in [0.4, 0.5) is 4.39 Å². The summed E-state index contributed by atoms with van der Waals surface area (Å²) in [5.74, 6) is 0.738. The van der Waals surface area contributed by atoms with Gasteiger partial charge in [0.15, 0.2) is 0 Å². The van der Waals surface area contributed by atoms with Gasteiger partial charge in [-0.25, -0.2) is 4.39 Å². The number of nitrogens with zero attached hydrogens (tertiary/aromatic N) is 1. The molecule has 1 aromatic rings. The molecule has 0 radical (unpaired) electrons. The first-order chi connectivity index (χ1) is 9.10. The summed E-state index contributed by atoms with van der Waals surface area (Å²) in [7, 11) is 0. The molecule has 0 aromatic carbocycles. The fraction of sp³-hybridized carbons (Fsp3) is 0.688. The van der Waals surface area contributed by atoms with E-state index >= 15 is 0 Å². The Morgan fingerprint density at radius 2 is 1.95 bits per heavy atom. The fourth-order valence-corrected chi connectivity index (χ4v) is 4.19. The Morgan fingerprint density at radius 1 is 1.26 bits per heavy atom. The molecule has 1 aliphatic carbocycles. The second-order valence-corrected chi connectivity index (χ2v) is 5.71. The second-order valence-electron chi connectivity index (χ2n) is 5.71. The molecule has 0 bridgehead atoms.